The van der Waals surface area contributed by atoms with Gasteiger partial charge in [-0.15, -0.1) is 0 Å². The summed E-state index contributed by atoms with van der Waals surface area (Å²) in [5, 5.41) is 0. The molecule has 0 aromatic rings. The van der Waals surface area contributed by atoms with Crippen molar-refractivity contribution in [1.29, 1.82) is 0 Å². The molecular formula is C8H13F2N. The van der Waals surface area contributed by atoms with Crippen LogP contribution in [-0.4, -0.2) is 12.0 Å². The van der Waals surface area contributed by atoms with E-state index in [4.69, 9.17) is 5.73 Å². The molecule has 0 aliphatic heterocycles. The molecule has 0 saturated heterocycles. The lowest BCUT2D eigenvalue weighted by atomic mass is 9.82. The SMILES string of the molecule is NC1C2CCC1CC(F)(F)C2. The minimum Gasteiger partial charge on any atom is -0.327 e. The first-order valence-electron chi connectivity index (χ1n) is 4.22. The molecule has 0 spiro atoms. The highest BCUT2D eigenvalue weighted by atomic mass is 19.3. The Labute approximate surface area is 65.0 Å². The average molecular weight is 161 g/mol. The van der Waals surface area contributed by atoms with Gasteiger partial charge in [-0.3, -0.25) is 0 Å². The van der Waals surface area contributed by atoms with Crippen LogP contribution >= 0.6 is 0 Å². The number of rotatable bonds is 0. The molecule has 2 unspecified atom stereocenters. The third kappa shape index (κ3) is 1.15. The van der Waals surface area contributed by atoms with E-state index in [1.807, 2.05) is 0 Å². The second-order valence-electron chi connectivity index (χ2n) is 3.94. The molecule has 64 valence electrons. The van der Waals surface area contributed by atoms with Crippen LogP contribution in [0.15, 0.2) is 0 Å². The van der Waals surface area contributed by atoms with Gasteiger partial charge < -0.3 is 5.73 Å². The van der Waals surface area contributed by atoms with Gasteiger partial charge in [0.15, 0.2) is 0 Å². The van der Waals surface area contributed by atoms with Gasteiger partial charge in [0.1, 0.15) is 0 Å². The molecule has 0 radical (unpaired) electrons. The highest BCUT2D eigenvalue weighted by molar-refractivity contribution is 4.97. The first-order chi connectivity index (χ1) is 5.08. The van der Waals surface area contributed by atoms with Crippen LogP contribution < -0.4 is 5.73 Å². The summed E-state index contributed by atoms with van der Waals surface area (Å²) in [5.41, 5.74) is 5.77. The molecule has 0 aromatic heterocycles. The molecule has 2 rings (SSSR count). The predicted octanol–water partition coefficient (Wildman–Crippen LogP) is 1.77. The van der Waals surface area contributed by atoms with Crippen molar-refractivity contribution in [2.45, 2.75) is 37.6 Å². The van der Waals surface area contributed by atoms with Crippen LogP contribution in [0.3, 0.4) is 0 Å². The number of nitrogens with two attached hydrogens (primary N) is 1. The minimum absolute atomic E-state index is 0.0324. The molecule has 0 heterocycles. The summed E-state index contributed by atoms with van der Waals surface area (Å²) in [4.78, 5) is 0. The second kappa shape index (κ2) is 2.16. The molecule has 0 amide bonds. The van der Waals surface area contributed by atoms with Crippen molar-refractivity contribution in [3.8, 4) is 0 Å². The van der Waals surface area contributed by atoms with E-state index in [0.717, 1.165) is 12.8 Å². The lowest BCUT2D eigenvalue weighted by Crippen LogP contribution is -2.42. The van der Waals surface area contributed by atoms with Crippen molar-refractivity contribution in [1.82, 2.24) is 0 Å². The van der Waals surface area contributed by atoms with Crippen LogP contribution in [-0.2, 0) is 0 Å². The summed E-state index contributed by atoms with van der Waals surface area (Å²) in [6, 6.07) is 0.0645. The molecule has 1 nitrogen and oxygen atoms in total. The fourth-order valence-electron chi connectivity index (χ4n) is 2.52. The van der Waals surface area contributed by atoms with Crippen molar-refractivity contribution in [3.05, 3.63) is 0 Å². The Morgan fingerprint density at radius 1 is 1.09 bits per heavy atom. The number of hydrogen-bond acceptors (Lipinski definition) is 1. The molecule has 2 N–H and O–H groups in total. The zero-order valence-corrected chi connectivity index (χ0v) is 6.39. The van der Waals surface area contributed by atoms with E-state index in [2.05, 4.69) is 0 Å². The van der Waals surface area contributed by atoms with Gasteiger partial charge in [-0.25, -0.2) is 8.78 Å². The number of hydrogen-bond donors (Lipinski definition) is 1. The predicted molar refractivity (Wildman–Crippen MR) is 38.4 cm³/mol. The van der Waals surface area contributed by atoms with E-state index in [0.29, 0.717) is 0 Å². The van der Waals surface area contributed by atoms with Gasteiger partial charge in [0.05, 0.1) is 0 Å². The van der Waals surface area contributed by atoms with E-state index in [9.17, 15) is 8.78 Å². The van der Waals surface area contributed by atoms with Crippen LogP contribution in [0, 0.1) is 11.8 Å². The van der Waals surface area contributed by atoms with Gasteiger partial charge in [-0.2, -0.15) is 0 Å². The first kappa shape index (κ1) is 7.47. The first-order valence-corrected chi connectivity index (χ1v) is 4.22. The van der Waals surface area contributed by atoms with Crippen LogP contribution in [0.4, 0.5) is 8.78 Å². The van der Waals surface area contributed by atoms with E-state index < -0.39 is 5.92 Å². The summed E-state index contributed by atoms with van der Waals surface area (Å²) in [7, 11) is 0. The molecular weight excluding hydrogens is 148 g/mol. The molecule has 0 aromatic carbocycles. The fourth-order valence-corrected chi connectivity index (χ4v) is 2.52. The highest BCUT2D eigenvalue weighted by Crippen LogP contribution is 2.47. The summed E-state index contributed by atoms with van der Waals surface area (Å²) in [6.07, 6.45) is 1.90. The lowest BCUT2D eigenvalue weighted by molar-refractivity contribution is -0.0623. The maximum atomic E-state index is 12.9. The van der Waals surface area contributed by atoms with E-state index in [1.54, 1.807) is 0 Å². The minimum atomic E-state index is -2.41. The van der Waals surface area contributed by atoms with Crippen molar-refractivity contribution in [3.63, 3.8) is 0 Å². The van der Waals surface area contributed by atoms with Gasteiger partial charge in [0, 0.05) is 18.9 Å². The van der Waals surface area contributed by atoms with Crippen LogP contribution in [0.25, 0.3) is 0 Å². The van der Waals surface area contributed by atoms with E-state index in [-0.39, 0.29) is 30.7 Å². The number of alkyl halides is 2. The Morgan fingerprint density at radius 3 is 2.00 bits per heavy atom. The second-order valence-corrected chi connectivity index (χ2v) is 3.94. The molecule has 2 saturated carbocycles. The third-order valence-electron chi connectivity index (χ3n) is 3.12. The Balaban J connectivity index is 2.14. The summed E-state index contributed by atoms with van der Waals surface area (Å²) in [5.74, 6) is -2.21. The van der Waals surface area contributed by atoms with Gasteiger partial charge in [-0.1, -0.05) is 0 Å². The van der Waals surface area contributed by atoms with E-state index in [1.165, 1.54) is 0 Å². The van der Waals surface area contributed by atoms with Crippen molar-refractivity contribution in [2.24, 2.45) is 17.6 Å². The normalized spacial score (nSPS) is 47.7. The summed E-state index contributed by atoms with van der Waals surface area (Å²) >= 11 is 0. The molecule has 2 fully saturated rings. The molecule has 2 bridgehead atoms. The largest absolute Gasteiger partial charge is 0.327 e. The van der Waals surface area contributed by atoms with Crippen molar-refractivity contribution < 1.29 is 8.78 Å². The Bertz CT molecular complexity index is 153. The smallest absolute Gasteiger partial charge is 0.248 e. The zero-order chi connectivity index (χ0) is 8.06. The quantitative estimate of drug-likeness (QED) is 0.575. The van der Waals surface area contributed by atoms with Crippen molar-refractivity contribution >= 4 is 0 Å². The molecule has 2 aliphatic rings. The molecule has 2 atom stereocenters. The van der Waals surface area contributed by atoms with Gasteiger partial charge in [0.2, 0.25) is 5.92 Å². The zero-order valence-electron chi connectivity index (χ0n) is 6.39. The van der Waals surface area contributed by atoms with Crippen molar-refractivity contribution in [2.75, 3.05) is 0 Å². The van der Waals surface area contributed by atoms with Crippen LogP contribution in [0.1, 0.15) is 25.7 Å². The maximum absolute atomic E-state index is 12.9. The lowest BCUT2D eigenvalue weighted by Gasteiger charge is -2.32. The van der Waals surface area contributed by atoms with E-state index >= 15 is 0 Å². The monoisotopic (exact) mass is 161 g/mol. The Hall–Kier alpha value is -0.180. The Kier molecular flexibility index (Phi) is 1.46. The summed E-state index contributed by atoms with van der Waals surface area (Å²) < 4.78 is 25.7. The van der Waals surface area contributed by atoms with Crippen LogP contribution in [0.2, 0.25) is 0 Å². The van der Waals surface area contributed by atoms with Gasteiger partial charge in [0.25, 0.3) is 0 Å². The third-order valence-corrected chi connectivity index (χ3v) is 3.12. The fraction of sp³-hybridized carbons (Fsp3) is 1.00. The number of halogens is 2. The van der Waals surface area contributed by atoms with Gasteiger partial charge >= 0.3 is 0 Å². The standard InChI is InChI=1S/C8H13F2N/c9-8(10)3-5-1-2-6(4-8)7(5)11/h5-7H,1-4,11H2. The topological polar surface area (TPSA) is 26.0 Å². The van der Waals surface area contributed by atoms with Gasteiger partial charge in [-0.05, 0) is 24.7 Å². The molecule has 2 aliphatic carbocycles. The number of fused-ring (bicyclic) bond motifs is 2. The Morgan fingerprint density at radius 2 is 1.55 bits per heavy atom. The molecule has 3 heteroatoms. The summed E-state index contributed by atoms with van der Waals surface area (Å²) in [6.45, 7) is 0. The molecule has 11 heavy (non-hydrogen) atoms. The highest BCUT2D eigenvalue weighted by Gasteiger charge is 2.48. The maximum Gasteiger partial charge on any atom is 0.248 e. The van der Waals surface area contributed by atoms with Crippen LogP contribution in [0.5, 0.6) is 0 Å². The average Bonchev–Trinajstić information content (AvgIpc) is 2.19.